The van der Waals surface area contributed by atoms with E-state index in [2.05, 4.69) is 53.2 Å². The van der Waals surface area contributed by atoms with Crippen LogP contribution in [0.25, 0.3) is 0 Å². The van der Waals surface area contributed by atoms with E-state index in [0.29, 0.717) is 51.4 Å². The standard InChI is InChI=1S/C56H76N16O16.2BrH/c1-29(51(57)83)67-55(87)35-9-5-21-71(35)43(79)27-63-39(75)23-65-53(85)33-7-3-19-69(33)41(77)25-59-15-17-61-31-11-12-32(46-45(31)49(81)47-37(73)13-14-38(74)48(47)50(46)82)62-18-16-60-26-42(78)70-20-4-8-34(70)54(86)66-24-40(76)64-28-44(80)72-22-6-10-36(72)56(88)68-30(2)52(58)84;;/h11-14,29-30,33-36,59-62,73-74H,3-10,15-28H2,1-2H3,(H2,57,83)(H2,58,84)(H,63,75)(H,64,76)(H,65,85)(H,66,86)(H,67,87)(H,68,88);2*1H/t29-,30-,33-,34-,35-,36-;;/m0../s1. The van der Waals surface area contributed by atoms with Gasteiger partial charge in [-0.2, -0.15) is 0 Å². The van der Waals surface area contributed by atoms with Crippen molar-refractivity contribution in [2.24, 2.45) is 11.5 Å². The van der Waals surface area contributed by atoms with Crippen LogP contribution in [0.4, 0.5) is 11.4 Å². The van der Waals surface area contributed by atoms with Crippen LogP contribution in [-0.4, -0.2) is 240 Å². The first-order valence-electron chi connectivity index (χ1n) is 29.1. The number of nitrogens with zero attached hydrogens (tertiary/aromatic N) is 4. The molecule has 6 atom stereocenters. The van der Waals surface area contributed by atoms with E-state index in [4.69, 9.17) is 11.5 Å². The van der Waals surface area contributed by atoms with Gasteiger partial charge in [0.15, 0.2) is 0 Å². The number of benzene rings is 2. The minimum Gasteiger partial charge on any atom is -0.507 e. The number of halogens is 2. The van der Waals surface area contributed by atoms with E-state index >= 15 is 0 Å². The third-order valence-electron chi connectivity index (χ3n) is 15.9. The fraction of sp³-hybridized carbons (Fsp3) is 0.536. The molecule has 0 bridgehead atoms. The summed E-state index contributed by atoms with van der Waals surface area (Å²) < 4.78 is 0. The predicted octanol–water partition coefficient (Wildman–Crippen LogP) is -4.56. The maximum Gasteiger partial charge on any atom is 0.243 e. The lowest BCUT2D eigenvalue weighted by atomic mass is 9.81. The Morgan fingerprint density at radius 2 is 0.756 bits per heavy atom. The molecule has 90 heavy (non-hydrogen) atoms. The Balaban J connectivity index is 0.00000736. The fourth-order valence-electron chi connectivity index (χ4n) is 11.2. The zero-order chi connectivity index (χ0) is 63.9. The summed E-state index contributed by atoms with van der Waals surface area (Å²) >= 11 is 0. The van der Waals surface area contributed by atoms with Gasteiger partial charge in [0, 0.05) is 63.7 Å². The fourth-order valence-corrected chi connectivity index (χ4v) is 11.2. The first-order valence-corrected chi connectivity index (χ1v) is 29.1. The first kappa shape index (κ1) is 72.2. The Hall–Kier alpha value is -8.50. The highest BCUT2D eigenvalue weighted by Gasteiger charge is 2.41. The second-order valence-electron chi connectivity index (χ2n) is 21.9. The van der Waals surface area contributed by atoms with Crippen molar-refractivity contribution in [3.8, 4) is 11.5 Å². The highest BCUT2D eigenvalue weighted by Crippen LogP contribution is 2.42. The highest BCUT2D eigenvalue weighted by molar-refractivity contribution is 8.93. The van der Waals surface area contributed by atoms with Gasteiger partial charge in [-0.25, -0.2) is 0 Å². The lowest BCUT2D eigenvalue weighted by Gasteiger charge is -2.26. The third-order valence-corrected chi connectivity index (χ3v) is 15.9. The van der Waals surface area contributed by atoms with Crippen LogP contribution in [0.5, 0.6) is 11.5 Å². The Morgan fingerprint density at radius 1 is 0.444 bits per heavy atom. The van der Waals surface area contributed by atoms with Crippen molar-refractivity contribution in [1.29, 1.82) is 0 Å². The summed E-state index contributed by atoms with van der Waals surface area (Å²) in [6.45, 7) is 2.16. The van der Waals surface area contributed by atoms with Crippen LogP contribution in [0.15, 0.2) is 24.3 Å². The van der Waals surface area contributed by atoms with Crippen molar-refractivity contribution in [1.82, 2.24) is 62.1 Å². The maximum atomic E-state index is 14.2. The average molecular weight is 1390 g/mol. The molecule has 7 rings (SSSR count). The molecule has 16 N–H and O–H groups in total. The molecule has 492 valence electrons. The number of aromatic hydroxyl groups is 2. The van der Waals surface area contributed by atoms with Gasteiger partial charge >= 0.3 is 0 Å². The molecule has 2 aromatic carbocycles. The van der Waals surface area contributed by atoms with E-state index in [-0.39, 0.29) is 122 Å². The number of hydrogen-bond acceptors (Lipinski definition) is 20. The Bertz CT molecular complexity index is 2920. The van der Waals surface area contributed by atoms with Crippen molar-refractivity contribution < 1.29 is 77.3 Å². The number of rotatable bonds is 28. The summed E-state index contributed by atoms with van der Waals surface area (Å²) in [5, 5.41) is 48.6. The lowest BCUT2D eigenvalue weighted by molar-refractivity contribution is -0.139. The van der Waals surface area contributed by atoms with Crippen LogP contribution in [0, 0.1) is 0 Å². The van der Waals surface area contributed by atoms with Crippen molar-refractivity contribution in [3.63, 3.8) is 0 Å². The van der Waals surface area contributed by atoms with Gasteiger partial charge in [0.1, 0.15) is 47.8 Å². The first-order chi connectivity index (χ1) is 42.0. The van der Waals surface area contributed by atoms with Crippen molar-refractivity contribution in [2.45, 2.75) is 101 Å². The molecule has 4 saturated heterocycles. The predicted molar refractivity (Wildman–Crippen MR) is 331 cm³/mol. The van der Waals surface area contributed by atoms with Gasteiger partial charge < -0.3 is 94.4 Å². The van der Waals surface area contributed by atoms with Crippen molar-refractivity contribution >= 4 is 128 Å². The van der Waals surface area contributed by atoms with E-state index in [1.807, 2.05) is 0 Å². The summed E-state index contributed by atoms with van der Waals surface area (Å²) in [6, 6.07) is -0.0408. The Morgan fingerprint density at radius 3 is 1.08 bits per heavy atom. The van der Waals surface area contributed by atoms with Crippen LogP contribution in [0.3, 0.4) is 0 Å². The number of anilines is 2. The van der Waals surface area contributed by atoms with Gasteiger partial charge in [0.25, 0.3) is 0 Å². The van der Waals surface area contributed by atoms with E-state index in [1.54, 1.807) is 0 Å². The lowest BCUT2D eigenvalue weighted by Crippen LogP contribution is -2.53. The molecule has 1 aliphatic carbocycles. The number of carbonyl (C=O) groups excluding carboxylic acids is 14. The van der Waals surface area contributed by atoms with Gasteiger partial charge in [0.2, 0.25) is 82.5 Å². The molecule has 4 heterocycles. The molecule has 0 radical (unpaired) electrons. The number of amides is 12. The normalized spacial score (nSPS) is 18.7. The number of likely N-dealkylation sites (tertiary alicyclic amines) is 4. The molecular weight excluding hydrogens is 1310 g/mol. The van der Waals surface area contributed by atoms with Crippen LogP contribution < -0.4 is 64.6 Å². The SMILES string of the molecule is Br.Br.C[C@H](NC(=O)[C@@H]1CCCN1C(=O)CNC(=O)CNC(=O)[C@@H]1CCCN1C(=O)CNCCNc1ccc(NCCNCC(=O)N2CCC[C@H]2C(=O)NCC(=O)NCC(=O)N2CCC[C@H]2C(=O)N[C@@H](C)C(N)=O)c2c1C(=O)c1c(O)ccc(O)c1C2=O)C(N)=O. The number of ketones is 2. The quantitative estimate of drug-likeness (QED) is 0.0240. The summed E-state index contributed by atoms with van der Waals surface area (Å²) in [5.41, 5.74) is 9.85. The molecular formula is C56H78Br2N16O16. The van der Waals surface area contributed by atoms with Gasteiger partial charge in [-0.05, 0) is 89.5 Å². The van der Waals surface area contributed by atoms with E-state index in [9.17, 15) is 77.3 Å². The summed E-state index contributed by atoms with van der Waals surface area (Å²) in [5.74, 6) is -9.51. The molecule has 0 spiro atoms. The molecule has 0 aromatic heterocycles. The van der Waals surface area contributed by atoms with Crippen LogP contribution in [0.1, 0.15) is 97.1 Å². The zero-order valence-electron chi connectivity index (χ0n) is 49.7. The van der Waals surface area contributed by atoms with Crippen LogP contribution >= 0.6 is 34.0 Å². The molecule has 4 fully saturated rings. The summed E-state index contributed by atoms with van der Waals surface area (Å²) in [4.78, 5) is 186. The van der Waals surface area contributed by atoms with Gasteiger partial charge in [-0.1, -0.05) is 0 Å². The Labute approximate surface area is 538 Å². The topological polar surface area (TPSA) is 465 Å². The second-order valence-corrected chi connectivity index (χ2v) is 21.9. The molecule has 12 amide bonds. The van der Waals surface area contributed by atoms with Crippen LogP contribution in [-0.2, 0) is 57.5 Å². The molecule has 0 unspecified atom stereocenters. The Kier molecular flexibility index (Phi) is 26.8. The largest absolute Gasteiger partial charge is 0.507 e. The number of primary amides is 2. The van der Waals surface area contributed by atoms with E-state index in [0.717, 1.165) is 12.1 Å². The van der Waals surface area contributed by atoms with E-state index < -0.39 is 168 Å². The van der Waals surface area contributed by atoms with Gasteiger partial charge in [0.05, 0.1) is 61.5 Å². The summed E-state index contributed by atoms with van der Waals surface area (Å²) in [6.07, 6.45) is 3.49. The summed E-state index contributed by atoms with van der Waals surface area (Å²) in [7, 11) is 0. The molecule has 2 aromatic rings. The minimum atomic E-state index is -0.939. The average Bonchev–Trinajstić information content (AvgIpc) is 1.79. The maximum absolute atomic E-state index is 14.2. The molecule has 32 nitrogen and oxygen atoms in total. The van der Waals surface area contributed by atoms with Crippen molar-refractivity contribution in [2.75, 3.05) is 102 Å². The number of hydrogen-bond donors (Lipinski definition) is 14. The van der Waals surface area contributed by atoms with E-state index in [1.165, 1.54) is 45.6 Å². The molecule has 5 aliphatic rings. The number of carbonyl (C=O) groups is 14. The molecule has 34 heteroatoms. The zero-order valence-corrected chi connectivity index (χ0v) is 53.1. The number of nitrogens with one attached hydrogen (secondary N) is 10. The van der Waals surface area contributed by atoms with Gasteiger partial charge in [-0.3, -0.25) is 67.1 Å². The number of phenols is 2. The molecule has 4 aliphatic heterocycles. The third kappa shape index (κ3) is 17.9. The molecule has 0 saturated carbocycles. The number of nitrogens with two attached hydrogens (primary N) is 2. The monoisotopic (exact) mass is 1390 g/mol. The smallest absolute Gasteiger partial charge is 0.243 e. The second kappa shape index (κ2) is 33.4. The highest BCUT2D eigenvalue weighted by atomic mass is 79.9. The number of phenolic OH excluding ortho intramolecular Hbond substituents is 2. The van der Waals surface area contributed by atoms with Gasteiger partial charge in [-0.15, -0.1) is 34.0 Å². The number of fused-ring (bicyclic) bond motifs is 2. The van der Waals surface area contributed by atoms with Crippen LogP contribution in [0.2, 0.25) is 0 Å². The van der Waals surface area contributed by atoms with Crippen molar-refractivity contribution in [3.05, 3.63) is 46.5 Å². The minimum absolute atomic E-state index is 0.